The normalized spacial score (nSPS) is 13.6. The molecule has 5 heteroatoms. The average Bonchev–Trinajstić information content (AvgIpc) is 2.42. The Morgan fingerprint density at radius 1 is 1.32 bits per heavy atom. The van der Waals surface area contributed by atoms with Gasteiger partial charge < -0.3 is 15.2 Å². The first-order valence-corrected chi connectivity index (χ1v) is 6.23. The number of carboxylic acid groups (broad SMARTS) is 1. The first-order chi connectivity index (χ1) is 9.06. The first kappa shape index (κ1) is 15.2. The van der Waals surface area contributed by atoms with Gasteiger partial charge in [-0.1, -0.05) is 37.3 Å². The van der Waals surface area contributed by atoms with E-state index in [1.807, 2.05) is 25.1 Å². The topological polar surface area (TPSA) is 75.6 Å². The summed E-state index contributed by atoms with van der Waals surface area (Å²) in [5.74, 6) is -1.88. The van der Waals surface area contributed by atoms with E-state index in [1.54, 1.807) is 19.1 Å². The Labute approximate surface area is 112 Å². The Bertz CT molecular complexity index is 419. The predicted octanol–water partition coefficient (Wildman–Crippen LogP) is 1.60. The fraction of sp³-hybridized carbons (Fsp3) is 0.429. The molecule has 0 radical (unpaired) electrons. The van der Waals surface area contributed by atoms with Crippen molar-refractivity contribution in [3.63, 3.8) is 0 Å². The van der Waals surface area contributed by atoms with Gasteiger partial charge >= 0.3 is 5.97 Å². The molecule has 1 aromatic carbocycles. The molecule has 0 saturated carbocycles. The summed E-state index contributed by atoms with van der Waals surface area (Å²) in [5.41, 5.74) is 0.754. The third-order valence-electron chi connectivity index (χ3n) is 2.68. The standard InChI is InChI=1S/C14H19NO4/c1-3-19-12(11-7-5-4-6-8-11)13(16)15-9-10(2)14(17)18/h4-8,10,12H,3,9H2,1-2H3,(H,15,16)(H,17,18). The highest BCUT2D eigenvalue weighted by Gasteiger charge is 2.21. The molecule has 0 aliphatic carbocycles. The van der Waals surface area contributed by atoms with E-state index in [9.17, 15) is 9.59 Å². The van der Waals surface area contributed by atoms with E-state index in [4.69, 9.17) is 9.84 Å². The molecule has 0 aliphatic heterocycles. The monoisotopic (exact) mass is 265 g/mol. The Hall–Kier alpha value is -1.88. The SMILES string of the molecule is CCOC(C(=O)NCC(C)C(=O)O)c1ccccc1. The van der Waals surface area contributed by atoms with Crippen LogP contribution in [0.15, 0.2) is 30.3 Å². The summed E-state index contributed by atoms with van der Waals surface area (Å²) in [5, 5.41) is 11.4. The third kappa shape index (κ3) is 4.71. The molecule has 0 heterocycles. The lowest BCUT2D eigenvalue weighted by molar-refractivity contribution is -0.141. The molecule has 0 spiro atoms. The Morgan fingerprint density at radius 2 is 1.95 bits per heavy atom. The maximum atomic E-state index is 12.0. The van der Waals surface area contributed by atoms with Gasteiger partial charge in [0.2, 0.25) is 0 Å². The molecular formula is C14H19NO4. The van der Waals surface area contributed by atoms with E-state index in [0.717, 1.165) is 5.56 Å². The lowest BCUT2D eigenvalue weighted by atomic mass is 10.1. The average molecular weight is 265 g/mol. The largest absolute Gasteiger partial charge is 0.481 e. The van der Waals surface area contributed by atoms with Gasteiger partial charge in [0.1, 0.15) is 0 Å². The molecule has 1 rings (SSSR count). The van der Waals surface area contributed by atoms with Gasteiger partial charge in [0.05, 0.1) is 5.92 Å². The summed E-state index contributed by atoms with van der Waals surface area (Å²) in [6, 6.07) is 9.13. The minimum Gasteiger partial charge on any atom is -0.481 e. The maximum Gasteiger partial charge on any atom is 0.308 e. The van der Waals surface area contributed by atoms with Crippen LogP contribution in [0.2, 0.25) is 0 Å². The van der Waals surface area contributed by atoms with Gasteiger partial charge in [-0.3, -0.25) is 9.59 Å². The van der Waals surface area contributed by atoms with Gasteiger partial charge in [0.25, 0.3) is 5.91 Å². The van der Waals surface area contributed by atoms with Crippen LogP contribution >= 0.6 is 0 Å². The second-order valence-corrected chi connectivity index (χ2v) is 4.23. The van der Waals surface area contributed by atoms with Crippen molar-refractivity contribution in [3.8, 4) is 0 Å². The highest BCUT2D eigenvalue weighted by molar-refractivity contribution is 5.82. The van der Waals surface area contributed by atoms with Gasteiger partial charge in [-0.05, 0) is 12.5 Å². The van der Waals surface area contributed by atoms with E-state index in [2.05, 4.69) is 5.32 Å². The lowest BCUT2D eigenvalue weighted by Gasteiger charge is -2.18. The van der Waals surface area contributed by atoms with Gasteiger partial charge in [0.15, 0.2) is 6.10 Å². The predicted molar refractivity (Wildman–Crippen MR) is 70.6 cm³/mol. The van der Waals surface area contributed by atoms with E-state index in [1.165, 1.54) is 0 Å². The highest BCUT2D eigenvalue weighted by atomic mass is 16.5. The molecule has 1 amide bonds. The van der Waals surface area contributed by atoms with E-state index >= 15 is 0 Å². The first-order valence-electron chi connectivity index (χ1n) is 6.23. The zero-order valence-corrected chi connectivity index (χ0v) is 11.1. The Morgan fingerprint density at radius 3 is 2.47 bits per heavy atom. The fourth-order valence-corrected chi connectivity index (χ4v) is 1.55. The summed E-state index contributed by atoms with van der Waals surface area (Å²) in [7, 11) is 0. The molecule has 0 bridgehead atoms. The van der Waals surface area contributed by atoms with Crippen molar-refractivity contribution >= 4 is 11.9 Å². The second kappa shape index (κ2) is 7.53. The van der Waals surface area contributed by atoms with Crippen LogP contribution in [0.25, 0.3) is 0 Å². The summed E-state index contributed by atoms with van der Waals surface area (Å²) in [6.45, 7) is 3.84. The van der Waals surface area contributed by atoms with Gasteiger partial charge in [0, 0.05) is 13.2 Å². The van der Waals surface area contributed by atoms with Crippen LogP contribution in [-0.2, 0) is 14.3 Å². The van der Waals surface area contributed by atoms with Crippen LogP contribution in [-0.4, -0.2) is 30.1 Å². The van der Waals surface area contributed by atoms with Crippen LogP contribution < -0.4 is 5.32 Å². The molecule has 19 heavy (non-hydrogen) atoms. The fourth-order valence-electron chi connectivity index (χ4n) is 1.55. The summed E-state index contributed by atoms with van der Waals surface area (Å²) in [4.78, 5) is 22.7. The molecule has 2 N–H and O–H groups in total. The molecule has 104 valence electrons. The molecule has 0 aliphatic rings. The number of hydrogen-bond donors (Lipinski definition) is 2. The lowest BCUT2D eigenvalue weighted by Crippen LogP contribution is -2.35. The Kier molecular flexibility index (Phi) is 6.02. The molecule has 2 atom stereocenters. The van der Waals surface area contributed by atoms with Crippen LogP contribution in [0.4, 0.5) is 0 Å². The number of rotatable bonds is 7. The van der Waals surface area contributed by atoms with Gasteiger partial charge in [-0.15, -0.1) is 0 Å². The molecule has 0 saturated heterocycles. The van der Waals surface area contributed by atoms with Crippen molar-refractivity contribution in [3.05, 3.63) is 35.9 Å². The number of aliphatic carboxylic acids is 1. The minimum atomic E-state index is -0.937. The summed E-state index contributed by atoms with van der Waals surface area (Å²) >= 11 is 0. The number of carbonyl (C=O) groups is 2. The zero-order valence-electron chi connectivity index (χ0n) is 11.1. The van der Waals surface area contributed by atoms with Gasteiger partial charge in [-0.2, -0.15) is 0 Å². The van der Waals surface area contributed by atoms with Crippen molar-refractivity contribution in [1.29, 1.82) is 0 Å². The zero-order chi connectivity index (χ0) is 14.3. The Balaban J connectivity index is 2.66. The van der Waals surface area contributed by atoms with Crippen molar-refractivity contribution in [2.24, 2.45) is 5.92 Å². The quantitative estimate of drug-likeness (QED) is 0.785. The molecule has 0 aromatic heterocycles. The molecule has 1 aromatic rings. The number of carbonyl (C=O) groups excluding carboxylic acids is 1. The minimum absolute atomic E-state index is 0.0879. The number of hydrogen-bond acceptors (Lipinski definition) is 3. The van der Waals surface area contributed by atoms with E-state index < -0.39 is 18.0 Å². The number of benzene rings is 1. The smallest absolute Gasteiger partial charge is 0.308 e. The second-order valence-electron chi connectivity index (χ2n) is 4.23. The van der Waals surface area contributed by atoms with Crippen LogP contribution in [0, 0.1) is 5.92 Å². The summed E-state index contributed by atoms with van der Waals surface area (Å²) in [6.07, 6.45) is -0.702. The van der Waals surface area contributed by atoms with Crippen LogP contribution in [0.5, 0.6) is 0 Å². The van der Waals surface area contributed by atoms with E-state index in [0.29, 0.717) is 6.61 Å². The molecule has 5 nitrogen and oxygen atoms in total. The van der Waals surface area contributed by atoms with Gasteiger partial charge in [-0.25, -0.2) is 0 Å². The molecule has 0 fully saturated rings. The number of carboxylic acids is 1. The van der Waals surface area contributed by atoms with Crippen LogP contribution in [0.1, 0.15) is 25.5 Å². The third-order valence-corrected chi connectivity index (χ3v) is 2.68. The van der Waals surface area contributed by atoms with Crippen molar-refractivity contribution in [2.45, 2.75) is 20.0 Å². The highest BCUT2D eigenvalue weighted by Crippen LogP contribution is 2.17. The summed E-state index contributed by atoms with van der Waals surface area (Å²) < 4.78 is 5.42. The number of ether oxygens (including phenoxy) is 1. The number of nitrogens with one attached hydrogen (secondary N) is 1. The molecule has 2 unspecified atom stereocenters. The van der Waals surface area contributed by atoms with Crippen LogP contribution in [0.3, 0.4) is 0 Å². The van der Waals surface area contributed by atoms with Crippen molar-refractivity contribution < 1.29 is 19.4 Å². The van der Waals surface area contributed by atoms with Crippen molar-refractivity contribution in [2.75, 3.05) is 13.2 Å². The number of amides is 1. The maximum absolute atomic E-state index is 12.0. The van der Waals surface area contributed by atoms with Crippen molar-refractivity contribution in [1.82, 2.24) is 5.32 Å². The van der Waals surface area contributed by atoms with E-state index in [-0.39, 0.29) is 12.5 Å². The molecular weight excluding hydrogens is 246 g/mol.